The SMILES string of the molecule is CCC(=O)Nc1cnc(N(CC(C)C)CC(C)C)c(C(=O)O)c1. The van der Waals surface area contributed by atoms with Crippen LogP contribution in [0.15, 0.2) is 12.3 Å². The zero-order chi connectivity index (χ0) is 17.6. The first-order chi connectivity index (χ1) is 10.7. The number of nitrogens with zero attached hydrogens (tertiary/aromatic N) is 2. The minimum Gasteiger partial charge on any atom is -0.478 e. The minimum absolute atomic E-state index is 0.111. The van der Waals surface area contributed by atoms with Gasteiger partial charge in [0, 0.05) is 19.5 Å². The van der Waals surface area contributed by atoms with Gasteiger partial charge < -0.3 is 15.3 Å². The Bertz CT molecular complexity index is 546. The largest absolute Gasteiger partial charge is 0.478 e. The number of hydrogen-bond donors (Lipinski definition) is 2. The molecule has 1 amide bonds. The van der Waals surface area contributed by atoms with Crippen LogP contribution in [-0.4, -0.2) is 35.1 Å². The lowest BCUT2D eigenvalue weighted by atomic mass is 10.1. The second kappa shape index (κ2) is 8.50. The topological polar surface area (TPSA) is 82.5 Å². The highest BCUT2D eigenvalue weighted by Crippen LogP contribution is 2.23. The van der Waals surface area contributed by atoms with E-state index in [1.54, 1.807) is 6.92 Å². The van der Waals surface area contributed by atoms with Gasteiger partial charge in [-0.15, -0.1) is 0 Å². The second-order valence-corrected chi connectivity index (χ2v) is 6.49. The van der Waals surface area contributed by atoms with Crippen LogP contribution in [0, 0.1) is 11.8 Å². The Morgan fingerprint density at radius 2 is 1.78 bits per heavy atom. The van der Waals surface area contributed by atoms with Crippen molar-refractivity contribution >= 4 is 23.4 Å². The molecule has 128 valence electrons. The number of anilines is 2. The molecule has 2 N–H and O–H groups in total. The molecule has 0 aliphatic rings. The molecule has 0 aliphatic heterocycles. The molecule has 0 aliphatic carbocycles. The predicted octanol–water partition coefficient (Wildman–Crippen LogP) is 3.25. The van der Waals surface area contributed by atoms with Crippen molar-refractivity contribution in [2.75, 3.05) is 23.3 Å². The normalized spacial score (nSPS) is 10.9. The number of nitrogens with one attached hydrogen (secondary N) is 1. The first-order valence-corrected chi connectivity index (χ1v) is 8.02. The maximum Gasteiger partial charge on any atom is 0.339 e. The molecule has 1 heterocycles. The van der Waals surface area contributed by atoms with E-state index in [-0.39, 0.29) is 11.5 Å². The molecule has 0 fully saturated rings. The van der Waals surface area contributed by atoms with Crippen molar-refractivity contribution in [1.29, 1.82) is 0 Å². The fourth-order valence-electron chi connectivity index (χ4n) is 2.31. The Labute approximate surface area is 137 Å². The molecule has 0 spiro atoms. The monoisotopic (exact) mass is 321 g/mol. The van der Waals surface area contributed by atoms with Crippen molar-refractivity contribution < 1.29 is 14.7 Å². The molecule has 0 bridgehead atoms. The number of hydrogen-bond acceptors (Lipinski definition) is 4. The molecule has 0 aromatic carbocycles. The highest BCUT2D eigenvalue weighted by atomic mass is 16.4. The number of aromatic carboxylic acids is 1. The summed E-state index contributed by atoms with van der Waals surface area (Å²) in [5.74, 6) is 0.0115. The average molecular weight is 321 g/mol. The number of pyridine rings is 1. The third-order valence-corrected chi connectivity index (χ3v) is 3.17. The highest BCUT2D eigenvalue weighted by molar-refractivity contribution is 5.96. The second-order valence-electron chi connectivity index (χ2n) is 6.49. The summed E-state index contributed by atoms with van der Waals surface area (Å²) in [5.41, 5.74) is 0.521. The smallest absolute Gasteiger partial charge is 0.339 e. The maximum absolute atomic E-state index is 11.6. The van der Waals surface area contributed by atoms with E-state index in [1.165, 1.54) is 12.3 Å². The van der Waals surface area contributed by atoms with E-state index < -0.39 is 5.97 Å². The minimum atomic E-state index is -1.04. The van der Waals surface area contributed by atoms with Crippen LogP contribution in [0.3, 0.4) is 0 Å². The fraction of sp³-hybridized carbons (Fsp3) is 0.588. The number of carbonyl (C=O) groups is 2. The van der Waals surface area contributed by atoms with E-state index in [9.17, 15) is 14.7 Å². The van der Waals surface area contributed by atoms with E-state index in [2.05, 4.69) is 38.0 Å². The number of carbonyl (C=O) groups excluding carboxylic acids is 1. The average Bonchev–Trinajstić information content (AvgIpc) is 2.45. The molecule has 0 unspecified atom stereocenters. The third-order valence-electron chi connectivity index (χ3n) is 3.17. The molecule has 6 heteroatoms. The van der Waals surface area contributed by atoms with Crippen LogP contribution in [0.25, 0.3) is 0 Å². The Hall–Kier alpha value is -2.11. The molecule has 1 rings (SSSR count). The van der Waals surface area contributed by atoms with Crippen LogP contribution in [0.1, 0.15) is 51.4 Å². The zero-order valence-electron chi connectivity index (χ0n) is 14.6. The number of aromatic nitrogens is 1. The molecule has 1 aromatic rings. The van der Waals surface area contributed by atoms with E-state index in [0.29, 0.717) is 29.8 Å². The van der Waals surface area contributed by atoms with E-state index in [1.807, 2.05) is 4.90 Å². The summed E-state index contributed by atoms with van der Waals surface area (Å²) in [6.07, 6.45) is 1.85. The summed E-state index contributed by atoms with van der Waals surface area (Å²) >= 11 is 0. The molecular formula is C17H27N3O3. The quantitative estimate of drug-likeness (QED) is 0.768. The van der Waals surface area contributed by atoms with Gasteiger partial charge in [-0.1, -0.05) is 34.6 Å². The molecule has 0 radical (unpaired) electrons. The van der Waals surface area contributed by atoms with E-state index >= 15 is 0 Å². The van der Waals surface area contributed by atoms with Crippen LogP contribution >= 0.6 is 0 Å². The zero-order valence-corrected chi connectivity index (χ0v) is 14.6. The van der Waals surface area contributed by atoms with Crippen LogP contribution < -0.4 is 10.2 Å². The number of amides is 1. The van der Waals surface area contributed by atoms with Gasteiger partial charge in [0.2, 0.25) is 5.91 Å². The van der Waals surface area contributed by atoms with Crippen molar-refractivity contribution in [2.45, 2.75) is 41.0 Å². The number of carboxylic acid groups (broad SMARTS) is 1. The van der Waals surface area contributed by atoms with Crippen LogP contribution in [0.5, 0.6) is 0 Å². The number of carboxylic acids is 1. The van der Waals surface area contributed by atoms with Gasteiger partial charge in [0.25, 0.3) is 0 Å². The van der Waals surface area contributed by atoms with Crippen LogP contribution in [0.2, 0.25) is 0 Å². The molecule has 1 aromatic heterocycles. The van der Waals surface area contributed by atoms with Gasteiger partial charge in [-0.3, -0.25) is 4.79 Å². The van der Waals surface area contributed by atoms with E-state index in [4.69, 9.17) is 0 Å². The Morgan fingerprint density at radius 1 is 1.22 bits per heavy atom. The molecule has 0 saturated carbocycles. The van der Waals surface area contributed by atoms with Gasteiger partial charge >= 0.3 is 5.97 Å². The standard InChI is InChI=1S/C17H27N3O3/c1-6-15(21)19-13-7-14(17(22)23)16(18-8-13)20(9-11(2)3)10-12(4)5/h7-8,11-12H,6,9-10H2,1-5H3,(H,19,21)(H,22,23). The summed E-state index contributed by atoms with van der Waals surface area (Å²) in [5, 5.41) is 12.2. The lowest BCUT2D eigenvalue weighted by Gasteiger charge is -2.28. The predicted molar refractivity (Wildman–Crippen MR) is 92.0 cm³/mol. The van der Waals surface area contributed by atoms with Gasteiger partial charge in [-0.05, 0) is 17.9 Å². The Morgan fingerprint density at radius 3 is 2.22 bits per heavy atom. The summed E-state index contributed by atoms with van der Waals surface area (Å²) in [6.45, 7) is 11.5. The summed E-state index contributed by atoms with van der Waals surface area (Å²) in [7, 11) is 0. The van der Waals surface area contributed by atoms with Gasteiger partial charge in [0.05, 0.1) is 11.9 Å². The fourth-order valence-corrected chi connectivity index (χ4v) is 2.31. The molecule has 0 saturated heterocycles. The van der Waals surface area contributed by atoms with Gasteiger partial charge in [-0.2, -0.15) is 0 Å². The van der Waals surface area contributed by atoms with Crippen molar-refractivity contribution in [3.05, 3.63) is 17.8 Å². The van der Waals surface area contributed by atoms with Crippen LogP contribution in [-0.2, 0) is 4.79 Å². The highest BCUT2D eigenvalue weighted by Gasteiger charge is 2.20. The lowest BCUT2D eigenvalue weighted by molar-refractivity contribution is -0.115. The van der Waals surface area contributed by atoms with Crippen molar-refractivity contribution in [3.8, 4) is 0 Å². The van der Waals surface area contributed by atoms with Gasteiger partial charge in [-0.25, -0.2) is 9.78 Å². The molecule has 6 nitrogen and oxygen atoms in total. The molecular weight excluding hydrogens is 294 g/mol. The first kappa shape index (κ1) is 18.9. The third kappa shape index (κ3) is 5.88. The van der Waals surface area contributed by atoms with Gasteiger partial charge in [0.15, 0.2) is 0 Å². The molecule has 23 heavy (non-hydrogen) atoms. The maximum atomic E-state index is 11.6. The lowest BCUT2D eigenvalue weighted by Crippen LogP contribution is -2.33. The number of rotatable bonds is 8. The Kier molecular flexibility index (Phi) is 7.00. The summed E-state index contributed by atoms with van der Waals surface area (Å²) < 4.78 is 0. The molecule has 0 atom stereocenters. The van der Waals surface area contributed by atoms with Gasteiger partial charge in [0.1, 0.15) is 11.4 Å². The summed E-state index contributed by atoms with van der Waals surface area (Å²) in [4.78, 5) is 29.4. The first-order valence-electron chi connectivity index (χ1n) is 8.02. The Balaban J connectivity index is 3.20. The van der Waals surface area contributed by atoms with Crippen molar-refractivity contribution in [3.63, 3.8) is 0 Å². The van der Waals surface area contributed by atoms with Crippen LogP contribution in [0.4, 0.5) is 11.5 Å². The summed E-state index contributed by atoms with van der Waals surface area (Å²) in [6, 6.07) is 1.48. The van der Waals surface area contributed by atoms with Crippen molar-refractivity contribution in [2.24, 2.45) is 11.8 Å². The van der Waals surface area contributed by atoms with Crippen molar-refractivity contribution in [1.82, 2.24) is 4.98 Å². The van der Waals surface area contributed by atoms with E-state index in [0.717, 1.165) is 13.1 Å².